The molecule has 1 saturated heterocycles. The van der Waals surface area contributed by atoms with Gasteiger partial charge in [-0.3, -0.25) is 0 Å². The maximum Gasteiger partial charge on any atom is 0.339 e. The minimum atomic E-state index is -0.254. The van der Waals surface area contributed by atoms with Gasteiger partial charge in [-0.25, -0.2) is 4.48 Å². The molecule has 1 aliphatic heterocycles. The molecule has 7 nitrogen and oxygen atoms in total. The predicted octanol–water partition coefficient (Wildman–Crippen LogP) is 0.421. The van der Waals surface area contributed by atoms with Gasteiger partial charge >= 0.3 is 18.0 Å². The number of hydrogen-bond acceptors (Lipinski definition) is 6. The highest BCUT2D eigenvalue weighted by atomic mass is 35.5. The predicted molar refractivity (Wildman–Crippen MR) is 66.0 cm³/mol. The lowest BCUT2D eigenvalue weighted by Gasteiger charge is -2.38. The van der Waals surface area contributed by atoms with E-state index in [4.69, 9.17) is 25.8 Å². The Balaban J connectivity index is 2.41. The molecule has 0 bridgehead atoms. The highest BCUT2D eigenvalue weighted by Gasteiger charge is 2.40. The van der Waals surface area contributed by atoms with Gasteiger partial charge in [-0.05, 0) is 0 Å². The number of ether oxygens (including phenoxy) is 3. The molecule has 1 fully saturated rings. The molecule has 0 aliphatic carbocycles. The van der Waals surface area contributed by atoms with Crippen LogP contribution < -0.4 is 14.0 Å². The van der Waals surface area contributed by atoms with Gasteiger partial charge in [0.15, 0.2) is 5.50 Å². The molecule has 0 amide bonds. The van der Waals surface area contributed by atoms with E-state index in [1.54, 1.807) is 0 Å². The summed E-state index contributed by atoms with van der Waals surface area (Å²) in [6.07, 6.45) is 0. The van der Waals surface area contributed by atoms with Gasteiger partial charge in [0.1, 0.15) is 13.2 Å². The third-order valence-electron chi connectivity index (χ3n) is 2.98. The number of likely N-dealkylation sites (N-methyl/N-ethyl adjacent to an activating group) is 1. The molecule has 0 N–H and O–H groups in total. The Labute approximate surface area is 110 Å². The number of aromatic nitrogens is 3. The van der Waals surface area contributed by atoms with Gasteiger partial charge in [-0.1, -0.05) is 11.6 Å². The number of quaternary nitrogens is 1. The van der Waals surface area contributed by atoms with E-state index in [0.29, 0.717) is 30.2 Å². The smallest absolute Gasteiger partial charge is 0.339 e. The summed E-state index contributed by atoms with van der Waals surface area (Å²) in [5.41, 5.74) is -0.254. The van der Waals surface area contributed by atoms with Crippen molar-refractivity contribution in [3.8, 4) is 12.0 Å². The second-order valence-electron chi connectivity index (χ2n) is 4.11. The molecule has 1 aromatic rings. The van der Waals surface area contributed by atoms with Crippen LogP contribution in [0.15, 0.2) is 0 Å². The Morgan fingerprint density at radius 3 is 2.33 bits per heavy atom. The SMILES string of the molecule is COc1nc(OC)nc([N+]2(C)CCOCC2Cl)n1. The molecule has 2 rings (SSSR count). The molecule has 8 heteroatoms. The first-order valence-corrected chi connectivity index (χ1v) is 5.95. The maximum absolute atomic E-state index is 6.31. The average molecular weight is 276 g/mol. The van der Waals surface area contributed by atoms with E-state index in [1.165, 1.54) is 14.2 Å². The Bertz CT molecular complexity index is 411. The fraction of sp³-hybridized carbons (Fsp3) is 0.700. The van der Waals surface area contributed by atoms with Crippen LogP contribution in [0, 0.1) is 0 Å². The summed E-state index contributed by atoms with van der Waals surface area (Å²) in [4.78, 5) is 12.5. The molecule has 0 saturated carbocycles. The standard InChI is InChI=1S/C10H16ClN4O3/c1-15(4-5-18-6-7(15)11)8-12-9(16-2)14-10(13-8)17-3/h7H,4-6H2,1-3H3/q+1. The van der Waals surface area contributed by atoms with Crippen LogP contribution in [0.5, 0.6) is 12.0 Å². The van der Waals surface area contributed by atoms with Crippen LogP contribution in [0.4, 0.5) is 5.95 Å². The zero-order valence-corrected chi connectivity index (χ0v) is 11.3. The fourth-order valence-corrected chi connectivity index (χ4v) is 1.98. The largest absolute Gasteiger partial charge is 0.466 e. The summed E-state index contributed by atoms with van der Waals surface area (Å²) < 4.78 is 15.8. The van der Waals surface area contributed by atoms with Crippen LogP contribution >= 0.6 is 11.6 Å². The quantitative estimate of drug-likeness (QED) is 0.453. The van der Waals surface area contributed by atoms with Crippen molar-refractivity contribution in [1.29, 1.82) is 0 Å². The molecule has 100 valence electrons. The van der Waals surface area contributed by atoms with Gasteiger partial charge in [-0.15, -0.1) is 15.0 Å². The van der Waals surface area contributed by atoms with Gasteiger partial charge in [0.05, 0.1) is 27.9 Å². The lowest BCUT2D eigenvalue weighted by Crippen LogP contribution is -2.58. The molecular weight excluding hydrogens is 260 g/mol. The van der Waals surface area contributed by atoms with E-state index in [9.17, 15) is 0 Å². The van der Waals surface area contributed by atoms with Crippen molar-refractivity contribution in [3.05, 3.63) is 0 Å². The van der Waals surface area contributed by atoms with Crippen LogP contribution in [-0.4, -0.2) is 61.5 Å². The summed E-state index contributed by atoms with van der Waals surface area (Å²) in [5, 5.41) is 0. The van der Waals surface area contributed by atoms with Crippen molar-refractivity contribution in [1.82, 2.24) is 19.4 Å². The van der Waals surface area contributed by atoms with Gasteiger partial charge in [0, 0.05) is 0 Å². The van der Waals surface area contributed by atoms with Gasteiger partial charge in [0.25, 0.3) is 0 Å². The van der Waals surface area contributed by atoms with Crippen molar-refractivity contribution in [2.45, 2.75) is 5.50 Å². The molecule has 0 radical (unpaired) electrons. The summed E-state index contributed by atoms with van der Waals surface area (Å²) in [6, 6.07) is 0.429. The van der Waals surface area contributed by atoms with E-state index in [0.717, 1.165) is 0 Å². The Morgan fingerprint density at radius 2 is 1.83 bits per heavy atom. The molecule has 1 aromatic heterocycles. The van der Waals surface area contributed by atoms with Crippen LogP contribution in [-0.2, 0) is 4.74 Å². The number of alkyl halides is 1. The van der Waals surface area contributed by atoms with Gasteiger partial charge in [0.2, 0.25) is 0 Å². The highest BCUT2D eigenvalue weighted by Crippen LogP contribution is 2.27. The van der Waals surface area contributed by atoms with Crippen LogP contribution in [0.25, 0.3) is 0 Å². The summed E-state index contributed by atoms with van der Waals surface area (Å²) in [6.45, 7) is 1.74. The van der Waals surface area contributed by atoms with Crippen molar-refractivity contribution in [2.24, 2.45) is 0 Å². The van der Waals surface area contributed by atoms with Crippen LogP contribution in [0.3, 0.4) is 0 Å². The zero-order chi connectivity index (χ0) is 13.2. The number of halogens is 1. The number of hydrogen-bond donors (Lipinski definition) is 0. The van der Waals surface area contributed by atoms with E-state index in [2.05, 4.69) is 15.0 Å². The topological polar surface area (TPSA) is 66.4 Å². The molecule has 0 aromatic carbocycles. The maximum atomic E-state index is 6.31. The summed E-state index contributed by atoms with van der Waals surface area (Å²) >= 11 is 6.31. The molecule has 18 heavy (non-hydrogen) atoms. The third kappa shape index (κ3) is 2.33. The molecule has 1 aliphatic rings. The van der Waals surface area contributed by atoms with Crippen molar-refractivity contribution < 1.29 is 14.2 Å². The number of morpholine rings is 1. The zero-order valence-electron chi connectivity index (χ0n) is 10.6. The Morgan fingerprint density at radius 1 is 1.22 bits per heavy atom. The lowest BCUT2D eigenvalue weighted by atomic mass is 10.3. The Hall–Kier alpha value is -1.18. The monoisotopic (exact) mass is 275 g/mol. The van der Waals surface area contributed by atoms with E-state index < -0.39 is 0 Å². The minimum absolute atomic E-state index is 0.214. The Kier molecular flexibility index (Phi) is 3.84. The van der Waals surface area contributed by atoms with Crippen LogP contribution in [0.1, 0.15) is 0 Å². The average Bonchev–Trinajstić information content (AvgIpc) is 2.41. The first-order valence-electron chi connectivity index (χ1n) is 5.52. The number of nitrogens with zero attached hydrogens (tertiary/aromatic N) is 4. The van der Waals surface area contributed by atoms with E-state index in [-0.39, 0.29) is 17.5 Å². The molecular formula is C10H16ClN4O3+. The highest BCUT2D eigenvalue weighted by molar-refractivity contribution is 6.21. The second kappa shape index (κ2) is 5.21. The first kappa shape index (κ1) is 13.3. The number of methoxy groups -OCH3 is 2. The molecule has 2 atom stereocenters. The van der Waals surface area contributed by atoms with Crippen molar-refractivity contribution in [2.75, 3.05) is 41.0 Å². The first-order chi connectivity index (χ1) is 8.60. The molecule has 2 heterocycles. The summed E-state index contributed by atoms with van der Waals surface area (Å²) in [7, 11) is 4.94. The number of rotatable bonds is 3. The minimum Gasteiger partial charge on any atom is -0.466 e. The molecule has 0 spiro atoms. The van der Waals surface area contributed by atoms with E-state index in [1.807, 2.05) is 7.05 Å². The summed E-state index contributed by atoms with van der Waals surface area (Å²) in [5.74, 6) is 0.516. The van der Waals surface area contributed by atoms with Crippen LogP contribution in [0.2, 0.25) is 0 Å². The normalized spacial score (nSPS) is 27.9. The van der Waals surface area contributed by atoms with E-state index >= 15 is 0 Å². The van der Waals surface area contributed by atoms with Crippen molar-refractivity contribution >= 4 is 17.5 Å². The van der Waals surface area contributed by atoms with Crippen molar-refractivity contribution in [3.63, 3.8) is 0 Å². The lowest BCUT2D eigenvalue weighted by molar-refractivity contribution is 0.0340. The third-order valence-corrected chi connectivity index (χ3v) is 3.54. The fourth-order valence-electron chi connectivity index (χ4n) is 1.70. The molecule has 2 unspecified atom stereocenters. The van der Waals surface area contributed by atoms with Gasteiger partial charge in [-0.2, -0.15) is 0 Å². The second-order valence-corrected chi connectivity index (χ2v) is 4.61. The van der Waals surface area contributed by atoms with Gasteiger partial charge < -0.3 is 14.2 Å².